The van der Waals surface area contributed by atoms with Crippen LogP contribution in [0.3, 0.4) is 0 Å². The summed E-state index contributed by atoms with van der Waals surface area (Å²) in [5, 5.41) is 0. The van der Waals surface area contributed by atoms with E-state index in [0.29, 0.717) is 12.3 Å². The van der Waals surface area contributed by atoms with E-state index in [0.717, 1.165) is 6.42 Å². The molecule has 0 saturated carbocycles. The molecule has 0 fully saturated rings. The topological polar surface area (TPSA) is 20.3 Å². The van der Waals surface area contributed by atoms with Crippen LogP contribution in [0.1, 0.15) is 33.6 Å². The fourth-order valence-electron chi connectivity index (χ4n) is 0.823. The van der Waals surface area contributed by atoms with Crippen LogP contribution < -0.4 is 0 Å². The first-order valence-electron chi connectivity index (χ1n) is 4.28. The molecule has 0 saturated heterocycles. The summed E-state index contributed by atoms with van der Waals surface area (Å²) in [6, 6.07) is 0. The summed E-state index contributed by atoms with van der Waals surface area (Å²) in [6.45, 7) is 6.18. The van der Waals surface area contributed by atoms with Gasteiger partial charge in [0.15, 0.2) is 0 Å². The van der Waals surface area contributed by atoms with Crippen LogP contribution >= 0.6 is 11.6 Å². The molecule has 0 aromatic rings. The zero-order valence-corrected chi connectivity index (χ0v) is 9.11. The Bertz CT molecular complexity index is 157. The second-order valence-electron chi connectivity index (χ2n) is 3.56. The Kier molecular flexibility index (Phi) is 4.61. The van der Waals surface area contributed by atoms with Gasteiger partial charge in [0.25, 0.3) is 0 Å². The Hall–Kier alpha value is -0.240. The zero-order valence-electron chi connectivity index (χ0n) is 8.35. The first-order chi connectivity index (χ1) is 5.45. The SMILES string of the molecule is CCC(C)(C)N(C)C(=O)CCCl. The van der Waals surface area contributed by atoms with Crippen LogP contribution in [0.2, 0.25) is 0 Å². The van der Waals surface area contributed by atoms with Gasteiger partial charge in [-0.1, -0.05) is 6.92 Å². The first-order valence-corrected chi connectivity index (χ1v) is 4.81. The smallest absolute Gasteiger partial charge is 0.223 e. The van der Waals surface area contributed by atoms with Gasteiger partial charge in [0, 0.05) is 24.9 Å². The quantitative estimate of drug-likeness (QED) is 0.625. The first kappa shape index (κ1) is 11.8. The molecule has 0 N–H and O–H groups in total. The standard InChI is InChI=1S/C9H18ClNO/c1-5-9(2,3)11(4)8(12)6-7-10/h5-7H2,1-4H3. The molecular formula is C9H18ClNO. The Morgan fingerprint density at radius 2 is 2.00 bits per heavy atom. The second-order valence-corrected chi connectivity index (χ2v) is 3.94. The lowest BCUT2D eigenvalue weighted by Crippen LogP contribution is -2.44. The van der Waals surface area contributed by atoms with Crippen LogP contribution in [0.4, 0.5) is 0 Å². The highest BCUT2D eigenvalue weighted by Crippen LogP contribution is 2.17. The van der Waals surface area contributed by atoms with Gasteiger partial charge in [-0.25, -0.2) is 0 Å². The van der Waals surface area contributed by atoms with Gasteiger partial charge in [0.1, 0.15) is 0 Å². The van der Waals surface area contributed by atoms with Gasteiger partial charge in [-0.05, 0) is 20.3 Å². The molecule has 3 heteroatoms. The molecule has 0 heterocycles. The summed E-state index contributed by atoms with van der Waals surface area (Å²) in [5.74, 6) is 0.528. The summed E-state index contributed by atoms with van der Waals surface area (Å²) < 4.78 is 0. The van der Waals surface area contributed by atoms with Gasteiger partial charge in [-0.3, -0.25) is 4.79 Å². The van der Waals surface area contributed by atoms with E-state index in [-0.39, 0.29) is 11.4 Å². The number of halogens is 1. The molecule has 0 rings (SSSR count). The number of hydrogen-bond acceptors (Lipinski definition) is 1. The van der Waals surface area contributed by atoms with Crippen molar-refractivity contribution in [3.05, 3.63) is 0 Å². The van der Waals surface area contributed by atoms with Crippen molar-refractivity contribution in [2.75, 3.05) is 12.9 Å². The van der Waals surface area contributed by atoms with E-state index in [9.17, 15) is 4.79 Å². The highest BCUT2D eigenvalue weighted by molar-refractivity contribution is 6.18. The lowest BCUT2D eigenvalue weighted by molar-refractivity contribution is -0.134. The molecule has 0 atom stereocenters. The van der Waals surface area contributed by atoms with Crippen molar-refractivity contribution >= 4 is 17.5 Å². The lowest BCUT2D eigenvalue weighted by Gasteiger charge is -2.34. The van der Waals surface area contributed by atoms with E-state index in [1.54, 1.807) is 4.90 Å². The van der Waals surface area contributed by atoms with E-state index in [1.165, 1.54) is 0 Å². The van der Waals surface area contributed by atoms with Gasteiger partial charge >= 0.3 is 0 Å². The van der Waals surface area contributed by atoms with Crippen LogP contribution in [0.5, 0.6) is 0 Å². The van der Waals surface area contributed by atoms with Crippen LogP contribution in [-0.4, -0.2) is 29.3 Å². The van der Waals surface area contributed by atoms with Crippen molar-refractivity contribution in [3.63, 3.8) is 0 Å². The number of nitrogens with zero attached hydrogens (tertiary/aromatic N) is 1. The largest absolute Gasteiger partial charge is 0.341 e. The van der Waals surface area contributed by atoms with Crippen molar-refractivity contribution in [2.24, 2.45) is 0 Å². The molecular weight excluding hydrogens is 174 g/mol. The average molecular weight is 192 g/mol. The predicted molar refractivity (Wildman–Crippen MR) is 52.5 cm³/mol. The zero-order chi connectivity index (χ0) is 9.78. The minimum atomic E-state index is -0.0524. The molecule has 72 valence electrons. The Labute approximate surface area is 79.9 Å². The van der Waals surface area contributed by atoms with Crippen molar-refractivity contribution in [1.29, 1.82) is 0 Å². The highest BCUT2D eigenvalue weighted by atomic mass is 35.5. The number of rotatable bonds is 4. The average Bonchev–Trinajstić information content (AvgIpc) is 2.03. The fraction of sp³-hybridized carbons (Fsp3) is 0.889. The molecule has 0 unspecified atom stereocenters. The molecule has 1 amide bonds. The number of alkyl halides is 1. The van der Waals surface area contributed by atoms with E-state index in [4.69, 9.17) is 11.6 Å². The number of carbonyl (C=O) groups is 1. The molecule has 0 radical (unpaired) electrons. The Morgan fingerprint density at radius 1 is 1.50 bits per heavy atom. The van der Waals surface area contributed by atoms with E-state index in [2.05, 4.69) is 20.8 Å². The second kappa shape index (κ2) is 4.70. The van der Waals surface area contributed by atoms with Crippen LogP contribution in [-0.2, 0) is 4.79 Å². The Morgan fingerprint density at radius 3 is 2.33 bits per heavy atom. The predicted octanol–water partition coefficient (Wildman–Crippen LogP) is 2.26. The van der Waals surface area contributed by atoms with Crippen LogP contribution in [0.25, 0.3) is 0 Å². The van der Waals surface area contributed by atoms with Crippen molar-refractivity contribution in [1.82, 2.24) is 4.90 Å². The Balaban J connectivity index is 4.17. The fourth-order valence-corrected chi connectivity index (χ4v) is 0.985. The third-order valence-corrected chi connectivity index (χ3v) is 2.64. The molecule has 0 aromatic heterocycles. The monoisotopic (exact) mass is 191 g/mol. The molecule has 0 aromatic carbocycles. The summed E-state index contributed by atoms with van der Waals surface area (Å²) in [4.78, 5) is 13.2. The van der Waals surface area contributed by atoms with E-state index < -0.39 is 0 Å². The van der Waals surface area contributed by atoms with Crippen molar-refractivity contribution in [3.8, 4) is 0 Å². The maximum atomic E-state index is 11.4. The molecule has 0 aliphatic heterocycles. The van der Waals surface area contributed by atoms with Gasteiger partial charge in [0.2, 0.25) is 5.91 Å². The minimum absolute atomic E-state index is 0.0524. The van der Waals surface area contributed by atoms with Crippen molar-refractivity contribution < 1.29 is 4.79 Å². The highest BCUT2D eigenvalue weighted by Gasteiger charge is 2.24. The summed E-state index contributed by atoms with van der Waals surface area (Å²) in [6.07, 6.45) is 1.39. The van der Waals surface area contributed by atoms with Gasteiger partial charge in [-0.2, -0.15) is 0 Å². The van der Waals surface area contributed by atoms with Gasteiger partial charge < -0.3 is 4.90 Å². The molecule has 2 nitrogen and oxygen atoms in total. The van der Waals surface area contributed by atoms with E-state index >= 15 is 0 Å². The summed E-state index contributed by atoms with van der Waals surface area (Å²) in [7, 11) is 1.83. The number of carbonyl (C=O) groups excluding carboxylic acids is 1. The normalized spacial score (nSPS) is 11.4. The molecule has 0 aliphatic rings. The van der Waals surface area contributed by atoms with E-state index in [1.807, 2.05) is 7.05 Å². The maximum Gasteiger partial charge on any atom is 0.223 e. The minimum Gasteiger partial charge on any atom is -0.341 e. The number of amides is 1. The van der Waals surface area contributed by atoms with Gasteiger partial charge in [0.05, 0.1) is 0 Å². The van der Waals surface area contributed by atoms with Gasteiger partial charge in [-0.15, -0.1) is 11.6 Å². The van der Waals surface area contributed by atoms with Crippen LogP contribution in [0, 0.1) is 0 Å². The molecule has 0 aliphatic carbocycles. The maximum absolute atomic E-state index is 11.4. The van der Waals surface area contributed by atoms with Crippen molar-refractivity contribution in [2.45, 2.75) is 39.2 Å². The summed E-state index contributed by atoms with van der Waals surface area (Å²) >= 11 is 5.49. The van der Waals surface area contributed by atoms with Crippen LogP contribution in [0.15, 0.2) is 0 Å². The molecule has 12 heavy (non-hydrogen) atoms. The molecule has 0 bridgehead atoms. The lowest BCUT2D eigenvalue weighted by atomic mass is 10.00. The summed E-state index contributed by atoms with van der Waals surface area (Å²) in [5.41, 5.74) is -0.0524. The molecule has 0 spiro atoms. The third-order valence-electron chi connectivity index (χ3n) is 2.46. The number of hydrogen-bond donors (Lipinski definition) is 0. The third kappa shape index (κ3) is 3.02.